The van der Waals surface area contributed by atoms with E-state index in [1.165, 1.54) is 0 Å². The molecule has 4 N–H and O–H groups in total. The molecule has 0 aliphatic heterocycles. The number of hydrogen-bond donors (Lipinski definition) is 3. The summed E-state index contributed by atoms with van der Waals surface area (Å²) in [6.07, 6.45) is 1.60. The predicted octanol–water partition coefficient (Wildman–Crippen LogP) is 1.51. The summed E-state index contributed by atoms with van der Waals surface area (Å²) in [6.45, 7) is 0. The summed E-state index contributed by atoms with van der Waals surface area (Å²) in [6, 6.07) is 11.6. The van der Waals surface area contributed by atoms with E-state index < -0.39 is 0 Å². The van der Waals surface area contributed by atoms with Gasteiger partial charge in [0.05, 0.1) is 11.9 Å². The van der Waals surface area contributed by atoms with Crippen molar-refractivity contribution in [2.24, 2.45) is 5.84 Å². The molecule has 0 unspecified atom stereocenters. The van der Waals surface area contributed by atoms with Gasteiger partial charge in [-0.3, -0.25) is 0 Å². The molecule has 1 aromatic heterocycles. The molecule has 0 amide bonds. The molecule has 0 radical (unpaired) electrons. The van der Waals surface area contributed by atoms with E-state index in [9.17, 15) is 0 Å². The van der Waals surface area contributed by atoms with Gasteiger partial charge in [-0.25, -0.2) is 5.84 Å². The normalized spacial score (nSPS) is 9.67. The van der Waals surface area contributed by atoms with Crippen molar-refractivity contribution in [1.82, 2.24) is 10.2 Å². The topological polar surface area (TPSA) is 75.9 Å². The fourth-order valence-electron chi connectivity index (χ4n) is 1.22. The lowest BCUT2D eigenvalue weighted by atomic mass is 10.3. The Hall–Kier alpha value is -2.14. The van der Waals surface area contributed by atoms with E-state index in [-0.39, 0.29) is 0 Å². The van der Waals surface area contributed by atoms with Gasteiger partial charge in [-0.2, -0.15) is 5.10 Å². The number of nitrogens with zero attached hydrogens (tertiary/aromatic N) is 2. The van der Waals surface area contributed by atoms with Gasteiger partial charge in [0.15, 0.2) is 5.82 Å². The molecule has 15 heavy (non-hydrogen) atoms. The highest BCUT2D eigenvalue weighted by atomic mass is 15.3. The standard InChI is InChI=1S/C10H11N5/c11-14-10-9(6-7-12-15-10)13-8-4-2-1-3-5-8/h1-7H,11H2,(H,12,13)(H,14,15). The average Bonchev–Trinajstić information content (AvgIpc) is 2.31. The zero-order valence-electron chi connectivity index (χ0n) is 8.01. The molecule has 76 valence electrons. The molecule has 5 heteroatoms. The molecule has 2 rings (SSSR count). The Bertz CT molecular complexity index is 429. The van der Waals surface area contributed by atoms with Crippen molar-refractivity contribution in [2.75, 3.05) is 10.7 Å². The highest BCUT2D eigenvalue weighted by Gasteiger charge is 2.01. The summed E-state index contributed by atoms with van der Waals surface area (Å²) in [5.74, 6) is 5.83. The van der Waals surface area contributed by atoms with E-state index in [4.69, 9.17) is 5.84 Å². The molecule has 0 atom stereocenters. The number of anilines is 3. The summed E-state index contributed by atoms with van der Waals surface area (Å²) < 4.78 is 0. The second kappa shape index (κ2) is 4.39. The van der Waals surface area contributed by atoms with Gasteiger partial charge in [0.25, 0.3) is 0 Å². The number of rotatable bonds is 3. The van der Waals surface area contributed by atoms with Gasteiger partial charge in [-0.05, 0) is 18.2 Å². The quantitative estimate of drug-likeness (QED) is 0.518. The van der Waals surface area contributed by atoms with Crippen molar-refractivity contribution in [3.63, 3.8) is 0 Å². The maximum atomic E-state index is 5.31. The molecule has 2 aromatic rings. The number of nitrogens with one attached hydrogen (secondary N) is 2. The maximum Gasteiger partial charge on any atom is 0.186 e. The summed E-state index contributed by atoms with van der Waals surface area (Å²) >= 11 is 0. The van der Waals surface area contributed by atoms with Crippen LogP contribution >= 0.6 is 0 Å². The smallest absolute Gasteiger partial charge is 0.186 e. The first-order chi connectivity index (χ1) is 7.40. The van der Waals surface area contributed by atoms with Crippen LogP contribution in [0.2, 0.25) is 0 Å². The van der Waals surface area contributed by atoms with Crippen LogP contribution in [-0.4, -0.2) is 10.2 Å². The minimum Gasteiger partial charge on any atom is -0.352 e. The highest BCUT2D eigenvalue weighted by Crippen LogP contribution is 2.20. The Kier molecular flexibility index (Phi) is 2.75. The number of benzene rings is 1. The molecular weight excluding hydrogens is 190 g/mol. The summed E-state index contributed by atoms with van der Waals surface area (Å²) in [7, 11) is 0. The van der Waals surface area contributed by atoms with Crippen LogP contribution < -0.4 is 16.6 Å². The summed E-state index contributed by atoms with van der Waals surface area (Å²) in [5, 5.41) is 10.7. The first-order valence-electron chi connectivity index (χ1n) is 4.50. The largest absolute Gasteiger partial charge is 0.352 e. The first-order valence-corrected chi connectivity index (χ1v) is 4.50. The predicted molar refractivity (Wildman–Crippen MR) is 59.6 cm³/mol. The van der Waals surface area contributed by atoms with E-state index in [1.807, 2.05) is 30.3 Å². The van der Waals surface area contributed by atoms with E-state index in [0.29, 0.717) is 5.82 Å². The van der Waals surface area contributed by atoms with Gasteiger partial charge in [0, 0.05) is 5.69 Å². The van der Waals surface area contributed by atoms with Crippen LogP contribution in [0.5, 0.6) is 0 Å². The van der Waals surface area contributed by atoms with Crippen LogP contribution in [0.15, 0.2) is 42.6 Å². The highest BCUT2D eigenvalue weighted by molar-refractivity contribution is 5.69. The Labute approximate surface area is 87.3 Å². The number of para-hydroxylation sites is 1. The molecule has 0 saturated heterocycles. The maximum absolute atomic E-state index is 5.31. The minimum absolute atomic E-state index is 0.515. The molecule has 1 aromatic carbocycles. The fourth-order valence-corrected chi connectivity index (χ4v) is 1.22. The third-order valence-electron chi connectivity index (χ3n) is 1.91. The molecule has 0 aliphatic rings. The monoisotopic (exact) mass is 201 g/mol. The van der Waals surface area contributed by atoms with Crippen molar-refractivity contribution in [2.45, 2.75) is 0 Å². The van der Waals surface area contributed by atoms with E-state index in [1.54, 1.807) is 12.3 Å². The SMILES string of the molecule is NNc1nnccc1Nc1ccccc1. The van der Waals surface area contributed by atoms with E-state index in [0.717, 1.165) is 11.4 Å². The van der Waals surface area contributed by atoms with Crippen LogP contribution in [0.4, 0.5) is 17.2 Å². The van der Waals surface area contributed by atoms with Crippen LogP contribution in [0, 0.1) is 0 Å². The van der Waals surface area contributed by atoms with Gasteiger partial charge in [0.1, 0.15) is 0 Å². The third-order valence-corrected chi connectivity index (χ3v) is 1.91. The number of nitrogen functional groups attached to an aromatic ring is 1. The van der Waals surface area contributed by atoms with Crippen LogP contribution in [-0.2, 0) is 0 Å². The van der Waals surface area contributed by atoms with Crippen molar-refractivity contribution in [1.29, 1.82) is 0 Å². The second-order valence-corrected chi connectivity index (χ2v) is 2.93. The van der Waals surface area contributed by atoms with Crippen LogP contribution in [0.25, 0.3) is 0 Å². The number of hydrazine groups is 1. The van der Waals surface area contributed by atoms with Gasteiger partial charge < -0.3 is 10.7 Å². The Morgan fingerprint density at radius 2 is 1.87 bits per heavy atom. The Morgan fingerprint density at radius 3 is 2.60 bits per heavy atom. The van der Waals surface area contributed by atoms with Gasteiger partial charge in [-0.15, -0.1) is 5.10 Å². The van der Waals surface area contributed by atoms with Gasteiger partial charge >= 0.3 is 0 Å². The zero-order valence-corrected chi connectivity index (χ0v) is 8.01. The summed E-state index contributed by atoms with van der Waals surface area (Å²) in [4.78, 5) is 0. The lowest BCUT2D eigenvalue weighted by molar-refractivity contribution is 1.02. The van der Waals surface area contributed by atoms with Crippen molar-refractivity contribution in [3.05, 3.63) is 42.6 Å². The van der Waals surface area contributed by atoms with Crippen molar-refractivity contribution >= 4 is 17.2 Å². The molecule has 0 saturated carbocycles. The molecule has 0 spiro atoms. The van der Waals surface area contributed by atoms with E-state index >= 15 is 0 Å². The first kappa shape index (κ1) is 9.42. The summed E-state index contributed by atoms with van der Waals surface area (Å²) in [5.41, 5.74) is 4.24. The molecule has 5 nitrogen and oxygen atoms in total. The number of aromatic nitrogens is 2. The third kappa shape index (κ3) is 2.21. The Balaban J connectivity index is 2.24. The van der Waals surface area contributed by atoms with Gasteiger partial charge in [-0.1, -0.05) is 18.2 Å². The van der Waals surface area contributed by atoms with Crippen molar-refractivity contribution in [3.8, 4) is 0 Å². The lowest BCUT2D eigenvalue weighted by Crippen LogP contribution is -2.11. The minimum atomic E-state index is 0.515. The Morgan fingerprint density at radius 1 is 1.07 bits per heavy atom. The fraction of sp³-hybridized carbons (Fsp3) is 0. The number of nitrogens with two attached hydrogens (primary N) is 1. The van der Waals surface area contributed by atoms with E-state index in [2.05, 4.69) is 20.9 Å². The molecule has 1 heterocycles. The molecule has 0 bridgehead atoms. The number of hydrogen-bond acceptors (Lipinski definition) is 5. The molecule has 0 aliphatic carbocycles. The van der Waals surface area contributed by atoms with Crippen molar-refractivity contribution < 1.29 is 0 Å². The zero-order chi connectivity index (χ0) is 10.5. The lowest BCUT2D eigenvalue weighted by Gasteiger charge is -2.08. The average molecular weight is 201 g/mol. The van der Waals surface area contributed by atoms with Gasteiger partial charge in [0.2, 0.25) is 0 Å². The molecular formula is C10H11N5. The molecule has 0 fully saturated rings. The van der Waals surface area contributed by atoms with Crippen LogP contribution in [0.3, 0.4) is 0 Å². The second-order valence-electron chi connectivity index (χ2n) is 2.93. The van der Waals surface area contributed by atoms with Crippen LogP contribution in [0.1, 0.15) is 0 Å².